The van der Waals surface area contributed by atoms with E-state index in [0.29, 0.717) is 165 Å². The minimum atomic E-state index is -0.476. The van der Waals surface area contributed by atoms with E-state index in [2.05, 4.69) is 6.92 Å². The van der Waals surface area contributed by atoms with E-state index < -0.39 is 5.60 Å². The molecule has 0 saturated carbocycles. The predicted molar refractivity (Wildman–Crippen MR) is 251 cm³/mol. The number of hydrogen-bond donors (Lipinski definition) is 0. The highest BCUT2D eigenvalue weighted by Gasteiger charge is 2.15. The molecule has 0 aliphatic heterocycles. The summed E-state index contributed by atoms with van der Waals surface area (Å²) in [6, 6.07) is 0. The van der Waals surface area contributed by atoms with E-state index in [4.69, 9.17) is 66.3 Å². The lowest BCUT2D eigenvalue weighted by molar-refractivity contribution is -0.156. The summed E-state index contributed by atoms with van der Waals surface area (Å²) in [5.41, 5.74) is -0.476. The lowest BCUT2D eigenvalue weighted by Crippen LogP contribution is -2.24. The van der Waals surface area contributed by atoms with Gasteiger partial charge in [-0.1, -0.05) is 103 Å². The Morgan fingerprint density at radius 3 is 0.672 bits per heavy atom. The summed E-state index contributed by atoms with van der Waals surface area (Å²) in [4.78, 5) is 11.6. The number of ether oxygens (including phenoxy) is 14. The maximum Gasteiger partial charge on any atom is 0.308 e. The van der Waals surface area contributed by atoms with E-state index in [0.717, 1.165) is 13.0 Å². The molecule has 0 heterocycles. The first-order valence-electron chi connectivity index (χ1n) is 25.2. The van der Waals surface area contributed by atoms with Crippen molar-refractivity contribution >= 4 is 5.97 Å². The quantitative estimate of drug-likeness (QED) is 0.0426. The van der Waals surface area contributed by atoms with Gasteiger partial charge in [0.05, 0.1) is 172 Å². The van der Waals surface area contributed by atoms with Crippen LogP contribution in [0.5, 0.6) is 0 Å². The molecule has 0 atom stereocenters. The van der Waals surface area contributed by atoms with Crippen molar-refractivity contribution in [3.8, 4) is 0 Å². The highest BCUT2D eigenvalue weighted by molar-refractivity contribution is 5.69. The Hall–Kier alpha value is -1.05. The third kappa shape index (κ3) is 59.0. The molecule has 0 unspecified atom stereocenters. The maximum absolute atomic E-state index is 11.6. The van der Waals surface area contributed by atoms with Crippen LogP contribution in [0.3, 0.4) is 0 Å². The van der Waals surface area contributed by atoms with E-state index in [9.17, 15) is 4.79 Å². The van der Waals surface area contributed by atoms with Crippen LogP contribution in [0, 0.1) is 0 Å². The van der Waals surface area contributed by atoms with Crippen molar-refractivity contribution in [2.24, 2.45) is 0 Å². The van der Waals surface area contributed by atoms with Crippen molar-refractivity contribution in [2.75, 3.05) is 172 Å². The molecule has 0 aromatic heterocycles. The zero-order chi connectivity index (χ0) is 46.4. The van der Waals surface area contributed by atoms with Gasteiger partial charge < -0.3 is 66.3 Å². The third-order valence-corrected chi connectivity index (χ3v) is 9.48. The fraction of sp³-hybridized carbons (Fsp3) is 0.980. The molecule has 64 heavy (non-hydrogen) atoms. The molecule has 0 amide bonds. The predicted octanol–water partition coefficient (Wildman–Crippen LogP) is 8.20. The molecule has 0 aliphatic rings. The van der Waals surface area contributed by atoms with Crippen LogP contribution >= 0.6 is 0 Å². The van der Waals surface area contributed by atoms with Gasteiger partial charge in [-0.05, 0) is 27.2 Å². The van der Waals surface area contributed by atoms with Crippen LogP contribution in [-0.4, -0.2) is 183 Å². The van der Waals surface area contributed by atoms with Crippen molar-refractivity contribution in [3.63, 3.8) is 0 Å². The van der Waals surface area contributed by atoms with Crippen molar-refractivity contribution in [1.82, 2.24) is 0 Å². The van der Waals surface area contributed by atoms with Crippen LogP contribution < -0.4 is 0 Å². The van der Waals surface area contributed by atoms with Crippen LogP contribution in [0.1, 0.15) is 137 Å². The fourth-order valence-corrected chi connectivity index (χ4v) is 6.04. The fourth-order valence-electron chi connectivity index (χ4n) is 6.04. The Morgan fingerprint density at radius 1 is 0.266 bits per heavy atom. The molecular weight excluding hydrogens is 829 g/mol. The first-order valence-corrected chi connectivity index (χ1v) is 25.2. The van der Waals surface area contributed by atoms with Crippen molar-refractivity contribution < 1.29 is 71.1 Å². The molecule has 0 radical (unpaired) electrons. The Balaban J connectivity index is 3.09. The molecule has 15 heteroatoms. The zero-order valence-corrected chi connectivity index (χ0v) is 41.5. The Kier molecular flexibility index (Phi) is 53.7. The minimum absolute atomic E-state index is 0.231. The highest BCUT2D eigenvalue weighted by Crippen LogP contribution is 2.14. The first-order chi connectivity index (χ1) is 31.5. The second-order valence-electron chi connectivity index (χ2n) is 16.6. The number of carbonyl (C=O) groups is 1. The minimum Gasteiger partial charge on any atom is -0.460 e. The topological polar surface area (TPSA) is 146 Å². The average Bonchev–Trinajstić information content (AvgIpc) is 3.27. The molecule has 384 valence electrons. The molecule has 0 fully saturated rings. The smallest absolute Gasteiger partial charge is 0.308 e. The van der Waals surface area contributed by atoms with Gasteiger partial charge in [0.2, 0.25) is 0 Å². The van der Waals surface area contributed by atoms with E-state index >= 15 is 0 Å². The van der Waals surface area contributed by atoms with E-state index in [1.807, 2.05) is 20.8 Å². The molecule has 0 aromatic carbocycles. The molecule has 0 aliphatic carbocycles. The second-order valence-corrected chi connectivity index (χ2v) is 16.6. The summed E-state index contributed by atoms with van der Waals surface area (Å²) in [6.07, 6.45) is 22.4. The Morgan fingerprint density at radius 2 is 0.453 bits per heavy atom. The summed E-state index contributed by atoms with van der Waals surface area (Å²) < 4.78 is 77.0. The monoisotopic (exact) mass is 927 g/mol. The van der Waals surface area contributed by atoms with Crippen molar-refractivity contribution in [1.29, 1.82) is 0 Å². The summed E-state index contributed by atoms with van der Waals surface area (Å²) in [5.74, 6) is -0.264. The standard InChI is InChI=1S/C49H98O15/c1-5-6-7-8-9-10-11-12-13-14-15-16-17-18-19-20-22-51-24-26-53-28-30-55-32-34-57-36-38-59-40-42-61-44-46-63-47-45-62-43-41-60-39-37-58-35-33-56-31-29-54-27-25-52-23-21-48(50)64-49(2,3)4/h5-47H2,1-4H3. The van der Waals surface area contributed by atoms with Crippen molar-refractivity contribution in [2.45, 2.75) is 142 Å². The lowest BCUT2D eigenvalue weighted by Gasteiger charge is -2.19. The summed E-state index contributed by atoms with van der Waals surface area (Å²) >= 11 is 0. The van der Waals surface area contributed by atoms with E-state index in [-0.39, 0.29) is 12.4 Å². The normalized spacial score (nSPS) is 11.9. The van der Waals surface area contributed by atoms with Gasteiger partial charge in [0.15, 0.2) is 0 Å². The molecule has 0 saturated heterocycles. The highest BCUT2D eigenvalue weighted by atomic mass is 16.6. The lowest BCUT2D eigenvalue weighted by atomic mass is 10.0. The number of esters is 1. The van der Waals surface area contributed by atoms with Crippen LogP contribution in [-0.2, 0) is 71.1 Å². The molecule has 0 aromatic rings. The summed E-state index contributed by atoms with van der Waals surface area (Å²) in [5, 5.41) is 0. The third-order valence-electron chi connectivity index (χ3n) is 9.48. The maximum atomic E-state index is 11.6. The molecule has 0 spiro atoms. The average molecular weight is 927 g/mol. The van der Waals surface area contributed by atoms with Gasteiger partial charge in [0, 0.05) is 6.61 Å². The van der Waals surface area contributed by atoms with Crippen LogP contribution in [0.15, 0.2) is 0 Å². The van der Waals surface area contributed by atoms with Gasteiger partial charge in [-0.3, -0.25) is 4.79 Å². The van der Waals surface area contributed by atoms with Gasteiger partial charge in [0.25, 0.3) is 0 Å². The van der Waals surface area contributed by atoms with Crippen LogP contribution in [0.25, 0.3) is 0 Å². The number of rotatable bonds is 56. The zero-order valence-electron chi connectivity index (χ0n) is 41.5. The largest absolute Gasteiger partial charge is 0.460 e. The van der Waals surface area contributed by atoms with Crippen LogP contribution in [0.2, 0.25) is 0 Å². The van der Waals surface area contributed by atoms with Crippen molar-refractivity contribution in [3.05, 3.63) is 0 Å². The summed E-state index contributed by atoms with van der Waals surface area (Å²) in [6.45, 7) is 21.2. The Labute approximate surface area is 390 Å². The summed E-state index contributed by atoms with van der Waals surface area (Å²) in [7, 11) is 0. The van der Waals surface area contributed by atoms with E-state index in [1.54, 1.807) is 0 Å². The van der Waals surface area contributed by atoms with Gasteiger partial charge in [-0.2, -0.15) is 0 Å². The number of hydrogen-bond acceptors (Lipinski definition) is 15. The van der Waals surface area contributed by atoms with Crippen LogP contribution in [0.4, 0.5) is 0 Å². The molecule has 0 bridgehead atoms. The Bertz CT molecular complexity index is 880. The second kappa shape index (κ2) is 54.6. The SMILES string of the molecule is CCCCCCCCCCCCCCCCCCOCCOCCOCCOCCOCCOCCOCCOCCOCCOCCOCCOCCOCCC(=O)OC(C)(C)C. The number of carbonyl (C=O) groups excluding carboxylic acids is 1. The van der Waals surface area contributed by atoms with Gasteiger partial charge in [-0.15, -0.1) is 0 Å². The van der Waals surface area contributed by atoms with Gasteiger partial charge in [0.1, 0.15) is 5.60 Å². The van der Waals surface area contributed by atoms with Gasteiger partial charge >= 0.3 is 5.97 Å². The molecule has 0 N–H and O–H groups in total. The first kappa shape index (κ1) is 63.0. The molecule has 0 rings (SSSR count). The molecular formula is C49H98O15. The molecule has 15 nitrogen and oxygen atoms in total. The van der Waals surface area contributed by atoms with Gasteiger partial charge in [-0.25, -0.2) is 0 Å². The van der Waals surface area contributed by atoms with E-state index in [1.165, 1.54) is 96.3 Å². The number of unbranched alkanes of at least 4 members (excludes halogenated alkanes) is 15.